The molecule has 15 heavy (non-hydrogen) atoms. The summed E-state index contributed by atoms with van der Waals surface area (Å²) in [5.41, 5.74) is 6.77. The van der Waals surface area contributed by atoms with Crippen LogP contribution >= 0.6 is 23.4 Å². The number of rotatable bonds is 6. The number of methoxy groups -OCH3 is 1. The van der Waals surface area contributed by atoms with Crippen molar-refractivity contribution in [2.45, 2.75) is 17.9 Å². The first kappa shape index (κ1) is 12.8. The molecule has 4 heteroatoms. The fourth-order valence-electron chi connectivity index (χ4n) is 1.25. The molecule has 0 saturated carbocycles. The van der Waals surface area contributed by atoms with Gasteiger partial charge in [-0.05, 0) is 18.1 Å². The van der Waals surface area contributed by atoms with Crippen LogP contribution in [0, 0.1) is 0 Å². The number of ether oxygens (including phenoxy) is 1. The highest BCUT2D eigenvalue weighted by atomic mass is 35.5. The average molecular weight is 246 g/mol. The van der Waals surface area contributed by atoms with Crippen molar-refractivity contribution < 1.29 is 4.74 Å². The van der Waals surface area contributed by atoms with Crippen LogP contribution in [-0.4, -0.2) is 19.5 Å². The van der Waals surface area contributed by atoms with Gasteiger partial charge >= 0.3 is 0 Å². The van der Waals surface area contributed by atoms with E-state index in [0.29, 0.717) is 6.54 Å². The molecule has 0 fully saturated rings. The lowest BCUT2D eigenvalue weighted by molar-refractivity contribution is 0.200. The van der Waals surface area contributed by atoms with Crippen molar-refractivity contribution in [1.29, 1.82) is 0 Å². The Morgan fingerprint density at radius 3 is 2.93 bits per heavy atom. The molecule has 2 nitrogen and oxygen atoms in total. The first-order valence-electron chi connectivity index (χ1n) is 4.88. The highest BCUT2D eigenvalue weighted by Gasteiger charge is 2.05. The molecule has 0 spiro atoms. The van der Waals surface area contributed by atoms with Gasteiger partial charge in [0, 0.05) is 30.9 Å². The van der Waals surface area contributed by atoms with Crippen molar-refractivity contribution in [2.24, 2.45) is 5.73 Å². The van der Waals surface area contributed by atoms with Gasteiger partial charge in [-0.15, -0.1) is 11.8 Å². The van der Waals surface area contributed by atoms with Crippen molar-refractivity contribution in [3.05, 3.63) is 28.8 Å². The second-order valence-corrected chi connectivity index (χ2v) is 4.64. The maximum Gasteiger partial charge on any atom is 0.0545 e. The smallest absolute Gasteiger partial charge is 0.0545 e. The minimum atomic E-state index is 0.535. The Morgan fingerprint density at radius 2 is 2.27 bits per heavy atom. The van der Waals surface area contributed by atoms with Gasteiger partial charge in [0.1, 0.15) is 0 Å². The summed E-state index contributed by atoms with van der Waals surface area (Å²) in [4.78, 5) is 1.11. The topological polar surface area (TPSA) is 35.2 Å². The predicted molar refractivity (Wildman–Crippen MR) is 66.6 cm³/mol. The quantitative estimate of drug-likeness (QED) is 0.618. The average Bonchev–Trinajstić information content (AvgIpc) is 2.26. The molecule has 1 aromatic rings. The zero-order chi connectivity index (χ0) is 11.1. The molecule has 1 aromatic carbocycles. The van der Waals surface area contributed by atoms with E-state index in [-0.39, 0.29) is 0 Å². The highest BCUT2D eigenvalue weighted by molar-refractivity contribution is 7.99. The zero-order valence-electron chi connectivity index (χ0n) is 8.83. The van der Waals surface area contributed by atoms with Gasteiger partial charge in [-0.25, -0.2) is 0 Å². The van der Waals surface area contributed by atoms with Crippen molar-refractivity contribution >= 4 is 23.4 Å². The first-order chi connectivity index (χ1) is 7.29. The van der Waals surface area contributed by atoms with Crippen LogP contribution < -0.4 is 5.73 Å². The summed E-state index contributed by atoms with van der Waals surface area (Å²) in [5, 5.41) is 0.792. The molecule has 0 bridgehead atoms. The summed E-state index contributed by atoms with van der Waals surface area (Å²) in [6, 6.07) is 5.85. The van der Waals surface area contributed by atoms with Gasteiger partial charge in [0.05, 0.1) is 5.02 Å². The number of hydrogen-bond donors (Lipinski definition) is 1. The standard InChI is InChI=1S/C11H16ClNOS/c1-14-6-3-7-15-11-9(8-13)4-2-5-10(11)12/h2,4-5H,3,6-8,13H2,1H3. The minimum absolute atomic E-state index is 0.535. The summed E-state index contributed by atoms with van der Waals surface area (Å²) >= 11 is 7.86. The number of benzene rings is 1. The molecule has 0 heterocycles. The Morgan fingerprint density at radius 1 is 1.47 bits per heavy atom. The summed E-state index contributed by atoms with van der Waals surface area (Å²) in [6.07, 6.45) is 1.02. The second kappa shape index (κ2) is 7.12. The Labute approximate surface area is 100 Å². The normalized spacial score (nSPS) is 10.6. The molecule has 0 unspecified atom stereocenters. The van der Waals surface area contributed by atoms with Crippen molar-refractivity contribution in [2.75, 3.05) is 19.5 Å². The van der Waals surface area contributed by atoms with E-state index in [1.165, 1.54) is 0 Å². The molecular weight excluding hydrogens is 230 g/mol. The molecule has 1 rings (SSSR count). The number of hydrogen-bond acceptors (Lipinski definition) is 3. The van der Waals surface area contributed by atoms with E-state index in [1.54, 1.807) is 18.9 Å². The van der Waals surface area contributed by atoms with Gasteiger partial charge in [-0.3, -0.25) is 0 Å². The van der Waals surface area contributed by atoms with E-state index in [0.717, 1.165) is 34.3 Å². The van der Waals surface area contributed by atoms with Crippen LogP contribution in [0.5, 0.6) is 0 Å². The second-order valence-electron chi connectivity index (χ2n) is 3.13. The Balaban J connectivity index is 2.58. The van der Waals surface area contributed by atoms with Crippen LogP contribution in [-0.2, 0) is 11.3 Å². The monoisotopic (exact) mass is 245 g/mol. The summed E-state index contributed by atoms with van der Waals surface area (Å²) in [6.45, 7) is 1.32. The highest BCUT2D eigenvalue weighted by Crippen LogP contribution is 2.30. The van der Waals surface area contributed by atoms with Gasteiger partial charge in [0.15, 0.2) is 0 Å². The molecule has 0 aliphatic rings. The number of halogens is 1. The SMILES string of the molecule is COCCCSc1c(Cl)cccc1CN. The third-order valence-electron chi connectivity index (χ3n) is 2.01. The largest absolute Gasteiger partial charge is 0.385 e. The summed E-state index contributed by atoms with van der Waals surface area (Å²) < 4.78 is 5.00. The number of nitrogens with two attached hydrogens (primary N) is 1. The summed E-state index contributed by atoms with van der Waals surface area (Å²) in [7, 11) is 1.71. The Kier molecular flexibility index (Phi) is 6.10. The Bertz CT molecular complexity index is 307. The lowest BCUT2D eigenvalue weighted by Gasteiger charge is -2.09. The number of thioether (sulfide) groups is 1. The van der Waals surface area contributed by atoms with E-state index < -0.39 is 0 Å². The van der Waals surface area contributed by atoms with E-state index in [9.17, 15) is 0 Å². The third-order valence-corrected chi connectivity index (χ3v) is 3.70. The summed E-state index contributed by atoms with van der Waals surface area (Å²) in [5.74, 6) is 1.00. The van der Waals surface area contributed by atoms with Crippen LogP contribution in [0.1, 0.15) is 12.0 Å². The fourth-order valence-corrected chi connectivity index (χ4v) is 2.62. The molecule has 0 saturated heterocycles. The molecule has 0 aliphatic carbocycles. The van der Waals surface area contributed by atoms with E-state index >= 15 is 0 Å². The van der Waals surface area contributed by atoms with Crippen molar-refractivity contribution in [1.82, 2.24) is 0 Å². The van der Waals surface area contributed by atoms with E-state index in [4.69, 9.17) is 22.1 Å². The lowest BCUT2D eigenvalue weighted by Crippen LogP contribution is -1.99. The molecule has 0 radical (unpaired) electrons. The first-order valence-corrected chi connectivity index (χ1v) is 6.25. The van der Waals surface area contributed by atoms with Gasteiger partial charge in [-0.1, -0.05) is 23.7 Å². The van der Waals surface area contributed by atoms with Crippen LogP contribution in [0.15, 0.2) is 23.1 Å². The van der Waals surface area contributed by atoms with Crippen LogP contribution in [0.2, 0.25) is 5.02 Å². The van der Waals surface area contributed by atoms with Gasteiger partial charge < -0.3 is 10.5 Å². The van der Waals surface area contributed by atoms with Gasteiger partial charge in [0.25, 0.3) is 0 Å². The maximum atomic E-state index is 6.11. The van der Waals surface area contributed by atoms with Crippen molar-refractivity contribution in [3.8, 4) is 0 Å². The maximum absolute atomic E-state index is 6.11. The molecule has 2 N–H and O–H groups in total. The fraction of sp³-hybridized carbons (Fsp3) is 0.455. The molecular formula is C11H16ClNOS. The van der Waals surface area contributed by atoms with Gasteiger partial charge in [-0.2, -0.15) is 0 Å². The zero-order valence-corrected chi connectivity index (χ0v) is 10.4. The minimum Gasteiger partial charge on any atom is -0.385 e. The van der Waals surface area contributed by atoms with Crippen LogP contribution in [0.3, 0.4) is 0 Å². The molecule has 0 atom stereocenters. The Hall–Kier alpha value is -0.220. The molecule has 0 amide bonds. The van der Waals surface area contributed by atoms with Crippen LogP contribution in [0.25, 0.3) is 0 Å². The molecule has 0 aliphatic heterocycles. The molecule has 0 aromatic heterocycles. The van der Waals surface area contributed by atoms with Crippen molar-refractivity contribution in [3.63, 3.8) is 0 Å². The lowest BCUT2D eigenvalue weighted by atomic mass is 10.2. The third kappa shape index (κ3) is 4.03. The van der Waals surface area contributed by atoms with Crippen LogP contribution in [0.4, 0.5) is 0 Å². The molecule has 84 valence electrons. The van der Waals surface area contributed by atoms with Gasteiger partial charge in [0.2, 0.25) is 0 Å². The predicted octanol–water partition coefficient (Wildman–Crippen LogP) is 2.93. The van der Waals surface area contributed by atoms with E-state index in [1.807, 2.05) is 18.2 Å². The van der Waals surface area contributed by atoms with E-state index in [2.05, 4.69) is 0 Å².